The van der Waals surface area contributed by atoms with Gasteiger partial charge in [0.15, 0.2) is 0 Å². The third-order valence-corrected chi connectivity index (χ3v) is 4.69. The molecule has 17 heavy (non-hydrogen) atoms. The lowest BCUT2D eigenvalue weighted by Gasteiger charge is -2.30. The molecule has 1 aromatic carbocycles. The summed E-state index contributed by atoms with van der Waals surface area (Å²) in [5.41, 5.74) is 3.12. The van der Waals surface area contributed by atoms with Gasteiger partial charge in [0, 0.05) is 6.04 Å². The van der Waals surface area contributed by atoms with Crippen molar-refractivity contribution >= 4 is 0 Å². The fourth-order valence-corrected chi connectivity index (χ4v) is 3.19. The first kappa shape index (κ1) is 11.3. The van der Waals surface area contributed by atoms with E-state index in [4.69, 9.17) is 0 Å². The number of benzene rings is 1. The molecule has 3 rings (SSSR count). The van der Waals surface area contributed by atoms with Crippen molar-refractivity contribution in [2.75, 3.05) is 6.54 Å². The van der Waals surface area contributed by atoms with Crippen molar-refractivity contribution in [3.63, 3.8) is 0 Å². The van der Waals surface area contributed by atoms with E-state index in [1.165, 1.54) is 25.8 Å². The maximum atomic E-state index is 3.79. The molecule has 0 heterocycles. The van der Waals surface area contributed by atoms with Gasteiger partial charge in [-0.3, -0.25) is 0 Å². The molecule has 0 amide bonds. The van der Waals surface area contributed by atoms with Crippen LogP contribution in [0.15, 0.2) is 24.3 Å². The summed E-state index contributed by atoms with van der Waals surface area (Å²) in [6.45, 7) is 5.94. The van der Waals surface area contributed by atoms with Gasteiger partial charge < -0.3 is 5.32 Å². The van der Waals surface area contributed by atoms with Gasteiger partial charge in [0.2, 0.25) is 0 Å². The highest BCUT2D eigenvalue weighted by Gasteiger charge is 2.33. The third-order valence-electron chi connectivity index (χ3n) is 4.69. The first-order chi connectivity index (χ1) is 8.25. The number of hydrogen-bond acceptors (Lipinski definition) is 1. The first-order valence-electron chi connectivity index (χ1n) is 7.08. The van der Waals surface area contributed by atoms with E-state index in [9.17, 15) is 0 Å². The standard InChI is InChI=1S/C16H23N/c1-11-7-8-16(17-10-13-9-12(13)2)15-6-4-3-5-14(11)15/h3-6,11-13,16-17H,7-10H2,1-2H3. The minimum absolute atomic E-state index is 0.607. The lowest BCUT2D eigenvalue weighted by atomic mass is 9.81. The van der Waals surface area contributed by atoms with Crippen LogP contribution in [0.3, 0.4) is 0 Å². The third kappa shape index (κ3) is 2.26. The Hall–Kier alpha value is -0.820. The van der Waals surface area contributed by atoms with Crippen molar-refractivity contribution in [2.24, 2.45) is 11.8 Å². The summed E-state index contributed by atoms with van der Waals surface area (Å²) in [6, 6.07) is 9.61. The smallest absolute Gasteiger partial charge is 0.0323 e. The zero-order chi connectivity index (χ0) is 11.8. The lowest BCUT2D eigenvalue weighted by molar-refractivity contribution is 0.421. The summed E-state index contributed by atoms with van der Waals surface area (Å²) in [5, 5.41) is 3.79. The van der Waals surface area contributed by atoms with Gasteiger partial charge >= 0.3 is 0 Å². The number of rotatable bonds is 3. The van der Waals surface area contributed by atoms with Crippen LogP contribution in [0.5, 0.6) is 0 Å². The molecule has 1 aromatic rings. The molecule has 1 fully saturated rings. The van der Waals surface area contributed by atoms with Crippen LogP contribution in [0.1, 0.15) is 56.2 Å². The summed E-state index contributed by atoms with van der Waals surface area (Å²) >= 11 is 0. The SMILES string of the molecule is CC1CCC(NCC2CC2C)c2ccccc21. The van der Waals surface area contributed by atoms with Crippen molar-refractivity contribution in [1.82, 2.24) is 5.32 Å². The van der Waals surface area contributed by atoms with Gasteiger partial charge in [-0.2, -0.15) is 0 Å². The molecule has 4 unspecified atom stereocenters. The maximum Gasteiger partial charge on any atom is 0.0323 e. The van der Waals surface area contributed by atoms with Crippen LogP contribution in [0.25, 0.3) is 0 Å². The molecule has 0 aromatic heterocycles. The molecule has 0 saturated heterocycles. The predicted molar refractivity (Wildman–Crippen MR) is 72.1 cm³/mol. The minimum Gasteiger partial charge on any atom is -0.310 e. The van der Waals surface area contributed by atoms with Crippen molar-refractivity contribution in [2.45, 2.75) is 45.1 Å². The Labute approximate surface area is 105 Å². The second kappa shape index (κ2) is 4.45. The van der Waals surface area contributed by atoms with E-state index in [-0.39, 0.29) is 0 Å². The quantitative estimate of drug-likeness (QED) is 0.829. The number of nitrogens with one attached hydrogen (secondary N) is 1. The molecule has 2 aliphatic carbocycles. The van der Waals surface area contributed by atoms with E-state index in [1.807, 2.05) is 0 Å². The number of fused-ring (bicyclic) bond motifs is 1. The Balaban J connectivity index is 1.71. The second-order valence-electron chi connectivity index (χ2n) is 6.04. The molecule has 1 heteroatoms. The predicted octanol–water partition coefficient (Wildman–Crippen LogP) is 3.87. The van der Waals surface area contributed by atoms with Crippen LogP contribution >= 0.6 is 0 Å². The molecule has 2 aliphatic rings. The Morgan fingerprint density at radius 2 is 1.82 bits per heavy atom. The van der Waals surface area contributed by atoms with Crippen LogP contribution in [-0.4, -0.2) is 6.54 Å². The average molecular weight is 229 g/mol. The van der Waals surface area contributed by atoms with Gasteiger partial charge in [0.25, 0.3) is 0 Å². The van der Waals surface area contributed by atoms with Gasteiger partial charge in [0.1, 0.15) is 0 Å². The highest BCUT2D eigenvalue weighted by Crippen LogP contribution is 2.40. The molecule has 1 nitrogen and oxygen atoms in total. The fraction of sp³-hybridized carbons (Fsp3) is 0.625. The van der Waals surface area contributed by atoms with E-state index in [0.717, 1.165) is 17.8 Å². The lowest BCUT2D eigenvalue weighted by Crippen LogP contribution is -2.28. The van der Waals surface area contributed by atoms with Gasteiger partial charge in [-0.05, 0) is 54.7 Å². The van der Waals surface area contributed by atoms with Crippen molar-refractivity contribution < 1.29 is 0 Å². The monoisotopic (exact) mass is 229 g/mol. The number of hydrogen-bond donors (Lipinski definition) is 1. The van der Waals surface area contributed by atoms with Crippen molar-refractivity contribution in [3.8, 4) is 0 Å². The molecule has 0 spiro atoms. The highest BCUT2D eigenvalue weighted by atomic mass is 14.9. The van der Waals surface area contributed by atoms with Crippen LogP contribution < -0.4 is 5.32 Å². The Morgan fingerprint density at radius 3 is 2.53 bits per heavy atom. The van der Waals surface area contributed by atoms with Gasteiger partial charge in [-0.25, -0.2) is 0 Å². The van der Waals surface area contributed by atoms with Crippen LogP contribution in [0.4, 0.5) is 0 Å². The highest BCUT2D eigenvalue weighted by molar-refractivity contribution is 5.34. The molecular formula is C16H23N. The summed E-state index contributed by atoms with van der Waals surface area (Å²) in [6.07, 6.45) is 4.06. The van der Waals surface area contributed by atoms with Crippen molar-refractivity contribution in [3.05, 3.63) is 35.4 Å². The second-order valence-corrected chi connectivity index (χ2v) is 6.04. The zero-order valence-electron chi connectivity index (χ0n) is 10.9. The first-order valence-corrected chi connectivity index (χ1v) is 7.08. The topological polar surface area (TPSA) is 12.0 Å². The van der Waals surface area contributed by atoms with E-state index >= 15 is 0 Å². The average Bonchev–Trinajstić information content (AvgIpc) is 3.05. The summed E-state index contributed by atoms with van der Waals surface area (Å²) in [7, 11) is 0. The van der Waals surface area contributed by atoms with Gasteiger partial charge in [0.05, 0.1) is 0 Å². The molecule has 1 N–H and O–H groups in total. The Bertz CT molecular complexity index is 398. The molecule has 0 bridgehead atoms. The van der Waals surface area contributed by atoms with Gasteiger partial charge in [-0.15, -0.1) is 0 Å². The summed E-state index contributed by atoms with van der Waals surface area (Å²) in [4.78, 5) is 0. The van der Waals surface area contributed by atoms with E-state index in [2.05, 4.69) is 43.4 Å². The Morgan fingerprint density at radius 1 is 1.12 bits per heavy atom. The normalized spacial score (nSPS) is 35.4. The summed E-state index contributed by atoms with van der Waals surface area (Å²) < 4.78 is 0. The summed E-state index contributed by atoms with van der Waals surface area (Å²) in [5.74, 6) is 2.64. The van der Waals surface area contributed by atoms with Crippen LogP contribution in [-0.2, 0) is 0 Å². The van der Waals surface area contributed by atoms with E-state index in [0.29, 0.717) is 6.04 Å². The van der Waals surface area contributed by atoms with E-state index < -0.39 is 0 Å². The largest absolute Gasteiger partial charge is 0.310 e. The molecular weight excluding hydrogens is 206 g/mol. The van der Waals surface area contributed by atoms with Gasteiger partial charge in [-0.1, -0.05) is 38.1 Å². The molecule has 1 saturated carbocycles. The van der Waals surface area contributed by atoms with Crippen LogP contribution in [0, 0.1) is 11.8 Å². The molecule has 0 radical (unpaired) electrons. The van der Waals surface area contributed by atoms with Crippen molar-refractivity contribution in [1.29, 1.82) is 0 Å². The molecule has 92 valence electrons. The fourth-order valence-electron chi connectivity index (χ4n) is 3.19. The maximum absolute atomic E-state index is 3.79. The zero-order valence-corrected chi connectivity index (χ0v) is 10.9. The molecule has 4 atom stereocenters. The van der Waals surface area contributed by atoms with E-state index in [1.54, 1.807) is 11.1 Å². The molecule has 0 aliphatic heterocycles. The Kier molecular flexibility index (Phi) is 2.96. The van der Waals surface area contributed by atoms with Crippen LogP contribution in [0.2, 0.25) is 0 Å². The minimum atomic E-state index is 0.607.